The second-order valence-corrected chi connectivity index (χ2v) is 4.74. The van der Waals surface area contributed by atoms with Crippen LogP contribution in [0, 0.1) is 6.92 Å². The Balaban J connectivity index is 2.39. The molecule has 4 heteroatoms. The monoisotopic (exact) mass is 257 g/mol. The Labute approximate surface area is 110 Å². The van der Waals surface area contributed by atoms with Crippen LogP contribution in [0.4, 0.5) is 0 Å². The van der Waals surface area contributed by atoms with Crippen LogP contribution in [0.15, 0.2) is 23.0 Å². The molecule has 98 valence electrons. The second kappa shape index (κ2) is 4.23. The molecule has 0 radical (unpaired) electrons. The number of carbonyl (C=O) groups is 1. The van der Waals surface area contributed by atoms with Gasteiger partial charge in [-0.1, -0.05) is 18.2 Å². The Kier molecular flexibility index (Phi) is 2.66. The molecule has 0 bridgehead atoms. The lowest BCUT2D eigenvalue weighted by molar-refractivity contribution is 0.0523. The van der Waals surface area contributed by atoms with Crippen LogP contribution in [0.25, 0.3) is 10.9 Å². The molecule has 0 atom stereocenters. The molecule has 0 fully saturated rings. The Bertz CT molecular complexity index is 743. The summed E-state index contributed by atoms with van der Waals surface area (Å²) in [5, 5.41) is 0.970. The smallest absolute Gasteiger partial charge is 0.344 e. The van der Waals surface area contributed by atoms with E-state index < -0.39 is 5.97 Å². The van der Waals surface area contributed by atoms with Crippen molar-refractivity contribution in [2.45, 2.75) is 26.8 Å². The van der Waals surface area contributed by atoms with Crippen LogP contribution in [0.5, 0.6) is 0 Å². The normalized spacial score (nSPS) is 12.9. The molecule has 0 saturated carbocycles. The first-order valence-corrected chi connectivity index (χ1v) is 6.47. The van der Waals surface area contributed by atoms with E-state index in [1.165, 1.54) is 5.56 Å². The van der Waals surface area contributed by atoms with Crippen LogP contribution in [-0.2, 0) is 17.7 Å². The number of hydrogen-bond acceptors (Lipinski definition) is 3. The van der Waals surface area contributed by atoms with Crippen molar-refractivity contribution in [3.63, 3.8) is 0 Å². The standard InChI is InChI=1S/C15H15NO3/c1-3-19-15(18)12-9(2)11-6-4-5-10-7-8-16(13(10)11)14(12)17/h4-6H,3,7-8H2,1-2H3. The summed E-state index contributed by atoms with van der Waals surface area (Å²) >= 11 is 0. The van der Waals surface area contributed by atoms with Gasteiger partial charge in [-0.3, -0.25) is 4.79 Å². The molecule has 0 saturated heterocycles. The minimum atomic E-state index is -0.520. The van der Waals surface area contributed by atoms with Crippen molar-refractivity contribution < 1.29 is 9.53 Å². The zero-order chi connectivity index (χ0) is 13.6. The maximum atomic E-state index is 12.4. The summed E-state index contributed by atoms with van der Waals surface area (Å²) in [6.07, 6.45) is 0.846. The molecular weight excluding hydrogens is 242 g/mol. The van der Waals surface area contributed by atoms with Crippen LogP contribution in [0.1, 0.15) is 28.4 Å². The lowest BCUT2D eigenvalue weighted by Gasteiger charge is -2.11. The highest BCUT2D eigenvalue weighted by molar-refractivity contribution is 5.98. The first-order valence-electron chi connectivity index (χ1n) is 6.47. The molecule has 0 N–H and O–H groups in total. The Hall–Kier alpha value is -2.10. The zero-order valence-electron chi connectivity index (χ0n) is 11.0. The lowest BCUT2D eigenvalue weighted by Crippen LogP contribution is -2.28. The van der Waals surface area contributed by atoms with E-state index in [-0.39, 0.29) is 17.7 Å². The van der Waals surface area contributed by atoms with Crippen molar-refractivity contribution in [3.8, 4) is 0 Å². The summed E-state index contributed by atoms with van der Waals surface area (Å²) in [5.74, 6) is -0.520. The largest absolute Gasteiger partial charge is 0.462 e. The van der Waals surface area contributed by atoms with Crippen LogP contribution in [0.2, 0.25) is 0 Å². The van der Waals surface area contributed by atoms with Crippen molar-refractivity contribution in [1.29, 1.82) is 0 Å². The Morgan fingerprint density at radius 3 is 2.95 bits per heavy atom. The number of aromatic nitrogens is 1. The maximum Gasteiger partial charge on any atom is 0.344 e. The van der Waals surface area contributed by atoms with Gasteiger partial charge < -0.3 is 9.30 Å². The van der Waals surface area contributed by atoms with Crippen molar-refractivity contribution in [1.82, 2.24) is 4.57 Å². The highest BCUT2D eigenvalue weighted by Gasteiger charge is 2.24. The van der Waals surface area contributed by atoms with Gasteiger partial charge in [-0.25, -0.2) is 4.79 Å². The Morgan fingerprint density at radius 2 is 2.21 bits per heavy atom. The Morgan fingerprint density at radius 1 is 1.42 bits per heavy atom. The number of esters is 1. The fraction of sp³-hybridized carbons (Fsp3) is 0.333. The van der Waals surface area contributed by atoms with Gasteiger partial charge in [0.05, 0.1) is 12.1 Å². The molecule has 1 aliphatic heterocycles. The maximum absolute atomic E-state index is 12.4. The molecule has 19 heavy (non-hydrogen) atoms. The van der Waals surface area contributed by atoms with E-state index in [0.29, 0.717) is 6.54 Å². The second-order valence-electron chi connectivity index (χ2n) is 4.74. The third kappa shape index (κ3) is 1.59. The van der Waals surface area contributed by atoms with E-state index >= 15 is 0 Å². The van der Waals surface area contributed by atoms with Crippen molar-refractivity contribution >= 4 is 16.9 Å². The first kappa shape index (κ1) is 12.0. The predicted molar refractivity (Wildman–Crippen MR) is 72.6 cm³/mol. The number of carbonyl (C=O) groups excluding carboxylic acids is 1. The summed E-state index contributed by atoms with van der Waals surface area (Å²) in [5.41, 5.74) is 2.81. The zero-order valence-corrected chi connectivity index (χ0v) is 11.0. The van der Waals surface area contributed by atoms with Gasteiger partial charge in [-0.2, -0.15) is 0 Å². The molecule has 0 spiro atoms. The molecule has 0 unspecified atom stereocenters. The number of nitrogens with zero attached hydrogens (tertiary/aromatic N) is 1. The number of benzene rings is 1. The molecule has 0 aliphatic carbocycles. The summed E-state index contributed by atoms with van der Waals surface area (Å²) in [7, 11) is 0. The summed E-state index contributed by atoms with van der Waals surface area (Å²) in [6, 6.07) is 5.96. The first-order chi connectivity index (χ1) is 9.15. The molecule has 0 amide bonds. The fourth-order valence-corrected chi connectivity index (χ4v) is 2.84. The summed E-state index contributed by atoms with van der Waals surface area (Å²) < 4.78 is 6.70. The molecule has 1 aromatic heterocycles. The average Bonchev–Trinajstić information content (AvgIpc) is 2.81. The van der Waals surface area contributed by atoms with Gasteiger partial charge in [0.15, 0.2) is 0 Å². The van der Waals surface area contributed by atoms with Crippen molar-refractivity contribution in [2.75, 3.05) is 6.61 Å². The van der Waals surface area contributed by atoms with Gasteiger partial charge in [-0.15, -0.1) is 0 Å². The van der Waals surface area contributed by atoms with Crippen LogP contribution in [-0.4, -0.2) is 17.1 Å². The van der Waals surface area contributed by atoms with Crippen LogP contribution in [0.3, 0.4) is 0 Å². The molecule has 2 heterocycles. The van der Waals surface area contributed by atoms with E-state index in [9.17, 15) is 9.59 Å². The highest BCUT2D eigenvalue weighted by Crippen LogP contribution is 2.27. The van der Waals surface area contributed by atoms with Crippen molar-refractivity contribution in [2.24, 2.45) is 0 Å². The molecule has 1 aliphatic rings. The van der Waals surface area contributed by atoms with Crippen LogP contribution < -0.4 is 5.56 Å². The van der Waals surface area contributed by atoms with Gasteiger partial charge >= 0.3 is 5.97 Å². The lowest BCUT2D eigenvalue weighted by atomic mass is 10.0. The molecule has 3 rings (SSSR count). The third-order valence-electron chi connectivity index (χ3n) is 3.71. The van der Waals surface area contributed by atoms with E-state index in [4.69, 9.17) is 4.74 Å². The van der Waals surface area contributed by atoms with E-state index in [1.54, 1.807) is 11.5 Å². The van der Waals surface area contributed by atoms with Gasteiger partial charge in [0.1, 0.15) is 5.56 Å². The number of para-hydroxylation sites is 1. The van der Waals surface area contributed by atoms with Gasteiger partial charge in [0.25, 0.3) is 5.56 Å². The summed E-state index contributed by atoms with van der Waals surface area (Å²) in [4.78, 5) is 24.4. The SMILES string of the molecule is CCOC(=O)c1c(C)c2cccc3c2n(c1=O)CC3. The number of pyridine rings is 1. The third-order valence-corrected chi connectivity index (χ3v) is 3.71. The van der Waals surface area contributed by atoms with Crippen LogP contribution >= 0.6 is 0 Å². The van der Waals surface area contributed by atoms with Gasteiger partial charge in [0.2, 0.25) is 0 Å². The number of rotatable bonds is 2. The van der Waals surface area contributed by atoms with Crippen molar-refractivity contribution in [3.05, 3.63) is 45.2 Å². The number of aryl methyl sites for hydroxylation is 3. The number of ether oxygens (including phenoxy) is 1. The minimum absolute atomic E-state index is 0.174. The molecular formula is C15H15NO3. The number of hydrogen-bond donors (Lipinski definition) is 0. The van der Waals surface area contributed by atoms with E-state index in [1.807, 2.05) is 25.1 Å². The average molecular weight is 257 g/mol. The fourth-order valence-electron chi connectivity index (χ4n) is 2.84. The molecule has 1 aromatic carbocycles. The minimum Gasteiger partial charge on any atom is -0.462 e. The molecule has 4 nitrogen and oxygen atoms in total. The predicted octanol–water partition coefficient (Wildman–Crippen LogP) is 2.04. The highest BCUT2D eigenvalue weighted by atomic mass is 16.5. The summed E-state index contributed by atoms with van der Waals surface area (Å²) in [6.45, 7) is 4.47. The topological polar surface area (TPSA) is 48.3 Å². The quantitative estimate of drug-likeness (QED) is 0.773. The van der Waals surface area contributed by atoms with Gasteiger partial charge in [0, 0.05) is 11.9 Å². The van der Waals surface area contributed by atoms with E-state index in [2.05, 4.69) is 0 Å². The van der Waals surface area contributed by atoms with Gasteiger partial charge in [-0.05, 0) is 31.4 Å². The molecule has 2 aromatic rings. The van der Waals surface area contributed by atoms with E-state index in [0.717, 1.165) is 22.9 Å².